The minimum atomic E-state index is 0.663. The molecule has 1 aliphatic rings. The van der Waals surface area contributed by atoms with Gasteiger partial charge >= 0.3 is 0 Å². The predicted molar refractivity (Wildman–Crippen MR) is 115 cm³/mol. The number of rotatable bonds is 5. The molecule has 2 aromatic carbocycles. The van der Waals surface area contributed by atoms with Crippen LogP contribution in [0.25, 0.3) is 11.3 Å². The fraction of sp³-hybridized carbons (Fsp3) is 0.273. The van der Waals surface area contributed by atoms with E-state index in [2.05, 4.69) is 53.1 Å². The van der Waals surface area contributed by atoms with Gasteiger partial charge in [-0.05, 0) is 44.0 Å². The van der Waals surface area contributed by atoms with E-state index in [0.29, 0.717) is 6.54 Å². The minimum absolute atomic E-state index is 0.663. The van der Waals surface area contributed by atoms with Crippen molar-refractivity contribution in [2.45, 2.75) is 26.8 Å². The maximum Gasteiger partial charge on any atom is 0.191 e. The molecule has 3 aromatic rings. The molecule has 144 valence electrons. The molecule has 0 fully saturated rings. The van der Waals surface area contributed by atoms with E-state index in [1.165, 1.54) is 5.56 Å². The van der Waals surface area contributed by atoms with Crippen LogP contribution in [-0.2, 0) is 6.54 Å². The van der Waals surface area contributed by atoms with Crippen molar-refractivity contribution in [3.05, 3.63) is 64.0 Å². The summed E-state index contributed by atoms with van der Waals surface area (Å²) >= 11 is 1.64. The first-order valence-corrected chi connectivity index (χ1v) is 10.4. The zero-order chi connectivity index (χ0) is 19.3. The van der Waals surface area contributed by atoms with Gasteiger partial charge in [-0.1, -0.05) is 29.8 Å². The number of benzene rings is 2. The number of para-hydroxylation sites is 1. The molecule has 5 nitrogen and oxygen atoms in total. The molecule has 4 rings (SSSR count). The Hall–Kier alpha value is -2.86. The van der Waals surface area contributed by atoms with Gasteiger partial charge in [0.05, 0.1) is 12.2 Å². The maximum atomic E-state index is 6.23. The van der Waals surface area contributed by atoms with Gasteiger partial charge in [0.2, 0.25) is 0 Å². The van der Waals surface area contributed by atoms with Crippen molar-refractivity contribution < 1.29 is 4.74 Å². The number of hydrogen-bond donors (Lipinski definition) is 2. The van der Waals surface area contributed by atoms with Crippen LogP contribution in [0.2, 0.25) is 0 Å². The van der Waals surface area contributed by atoms with Gasteiger partial charge in [0, 0.05) is 24.0 Å². The van der Waals surface area contributed by atoms with Gasteiger partial charge in [-0.25, -0.2) is 4.98 Å². The summed E-state index contributed by atoms with van der Waals surface area (Å²) in [6.07, 6.45) is 1.09. The molecule has 0 saturated carbocycles. The number of aromatic nitrogens is 1. The molecule has 6 heteroatoms. The molecule has 0 atom stereocenters. The third kappa shape index (κ3) is 4.34. The van der Waals surface area contributed by atoms with E-state index in [9.17, 15) is 0 Å². The Bertz CT molecular complexity index is 996. The molecule has 1 aromatic heterocycles. The predicted octanol–water partition coefficient (Wildman–Crippen LogP) is 4.66. The average Bonchev–Trinajstić information content (AvgIpc) is 3.19. The fourth-order valence-electron chi connectivity index (χ4n) is 3.13. The molecule has 0 radical (unpaired) electrons. The van der Waals surface area contributed by atoms with E-state index < -0.39 is 0 Å². The molecule has 0 saturated heterocycles. The van der Waals surface area contributed by atoms with Crippen molar-refractivity contribution in [1.82, 2.24) is 15.6 Å². The van der Waals surface area contributed by atoms with Gasteiger partial charge in [-0.2, -0.15) is 0 Å². The lowest BCUT2D eigenvalue weighted by molar-refractivity contribution is 0.480. The van der Waals surface area contributed by atoms with Crippen LogP contribution in [0.3, 0.4) is 0 Å². The highest BCUT2D eigenvalue weighted by Gasteiger charge is 2.12. The van der Waals surface area contributed by atoms with E-state index in [1.807, 2.05) is 24.3 Å². The first-order valence-electron chi connectivity index (χ1n) is 9.50. The SMILES string of the molecule is Cc1ccc(Oc2ccccc2-c2csc(CNC3=NCCCN3)n2)c(C)c1. The molecule has 0 spiro atoms. The molecule has 0 amide bonds. The Morgan fingerprint density at radius 3 is 2.86 bits per heavy atom. The van der Waals surface area contributed by atoms with Crippen molar-refractivity contribution in [3.63, 3.8) is 0 Å². The largest absolute Gasteiger partial charge is 0.456 e. The van der Waals surface area contributed by atoms with Gasteiger partial charge in [0.1, 0.15) is 16.5 Å². The monoisotopic (exact) mass is 392 g/mol. The van der Waals surface area contributed by atoms with Crippen molar-refractivity contribution in [2.24, 2.45) is 4.99 Å². The van der Waals surface area contributed by atoms with Crippen LogP contribution in [0.15, 0.2) is 52.8 Å². The highest BCUT2D eigenvalue weighted by molar-refractivity contribution is 7.09. The van der Waals surface area contributed by atoms with E-state index in [0.717, 1.165) is 58.8 Å². The highest BCUT2D eigenvalue weighted by Crippen LogP contribution is 2.35. The summed E-state index contributed by atoms with van der Waals surface area (Å²) in [5.41, 5.74) is 4.28. The van der Waals surface area contributed by atoms with Gasteiger partial charge in [0.25, 0.3) is 0 Å². The Kier molecular flexibility index (Phi) is 5.58. The van der Waals surface area contributed by atoms with Crippen molar-refractivity contribution in [1.29, 1.82) is 0 Å². The highest BCUT2D eigenvalue weighted by atomic mass is 32.1. The molecule has 0 unspecified atom stereocenters. The lowest BCUT2D eigenvalue weighted by atomic mass is 10.1. The van der Waals surface area contributed by atoms with E-state index in [-0.39, 0.29) is 0 Å². The number of nitrogens with one attached hydrogen (secondary N) is 2. The van der Waals surface area contributed by atoms with Crippen LogP contribution in [0, 0.1) is 13.8 Å². The number of nitrogens with zero attached hydrogens (tertiary/aromatic N) is 2. The standard InChI is InChI=1S/C22H24N4OS/c1-15-8-9-19(16(2)12-15)27-20-7-4-3-6-17(20)18-14-28-21(26-18)13-25-22-23-10-5-11-24-22/h3-4,6-9,12,14H,5,10-11,13H2,1-2H3,(H2,23,24,25). The molecule has 0 bridgehead atoms. The molecule has 28 heavy (non-hydrogen) atoms. The first kappa shape index (κ1) is 18.5. The number of guanidine groups is 1. The molecular formula is C22H24N4OS. The van der Waals surface area contributed by atoms with Gasteiger partial charge in [-0.15, -0.1) is 11.3 Å². The average molecular weight is 393 g/mol. The second-order valence-electron chi connectivity index (χ2n) is 6.86. The second-order valence-corrected chi connectivity index (χ2v) is 7.80. The van der Waals surface area contributed by atoms with Gasteiger partial charge in [-0.3, -0.25) is 4.99 Å². The fourth-order valence-corrected chi connectivity index (χ4v) is 3.86. The van der Waals surface area contributed by atoms with Crippen LogP contribution >= 0.6 is 11.3 Å². The molecular weight excluding hydrogens is 368 g/mol. The van der Waals surface area contributed by atoms with Gasteiger partial charge < -0.3 is 15.4 Å². The Morgan fingerprint density at radius 2 is 2.04 bits per heavy atom. The number of ether oxygens (including phenoxy) is 1. The first-order chi connectivity index (χ1) is 13.7. The number of aliphatic imine (C=N–C) groups is 1. The van der Waals surface area contributed by atoms with Crippen molar-refractivity contribution in [2.75, 3.05) is 13.1 Å². The van der Waals surface area contributed by atoms with E-state index in [1.54, 1.807) is 11.3 Å². The van der Waals surface area contributed by atoms with Gasteiger partial charge in [0.15, 0.2) is 5.96 Å². The lowest BCUT2D eigenvalue weighted by Crippen LogP contribution is -2.40. The molecule has 2 heterocycles. The van der Waals surface area contributed by atoms with Crippen LogP contribution in [0.1, 0.15) is 22.6 Å². The normalized spacial score (nSPS) is 13.6. The van der Waals surface area contributed by atoms with Crippen LogP contribution in [0.5, 0.6) is 11.5 Å². The van der Waals surface area contributed by atoms with Crippen molar-refractivity contribution in [3.8, 4) is 22.8 Å². The molecule has 0 aliphatic carbocycles. The smallest absolute Gasteiger partial charge is 0.191 e. The number of hydrogen-bond acceptors (Lipinski definition) is 6. The van der Waals surface area contributed by atoms with Crippen LogP contribution < -0.4 is 15.4 Å². The van der Waals surface area contributed by atoms with E-state index in [4.69, 9.17) is 9.72 Å². The summed E-state index contributed by atoms with van der Waals surface area (Å²) in [6, 6.07) is 14.3. The maximum absolute atomic E-state index is 6.23. The summed E-state index contributed by atoms with van der Waals surface area (Å²) in [5.74, 6) is 2.55. The Morgan fingerprint density at radius 1 is 1.14 bits per heavy atom. The summed E-state index contributed by atoms with van der Waals surface area (Å²) < 4.78 is 6.23. The summed E-state index contributed by atoms with van der Waals surface area (Å²) in [7, 11) is 0. The molecule has 1 aliphatic heterocycles. The Labute approximate surface area is 169 Å². The third-order valence-electron chi connectivity index (χ3n) is 4.57. The number of thiazole rings is 1. The lowest BCUT2D eigenvalue weighted by Gasteiger charge is -2.15. The van der Waals surface area contributed by atoms with Crippen LogP contribution in [-0.4, -0.2) is 24.0 Å². The van der Waals surface area contributed by atoms with E-state index >= 15 is 0 Å². The summed E-state index contributed by atoms with van der Waals surface area (Å²) in [4.78, 5) is 9.23. The third-order valence-corrected chi connectivity index (χ3v) is 5.42. The summed E-state index contributed by atoms with van der Waals surface area (Å²) in [5, 5.41) is 9.70. The van der Waals surface area contributed by atoms with Crippen molar-refractivity contribution >= 4 is 17.3 Å². The zero-order valence-corrected chi connectivity index (χ0v) is 17.0. The topological polar surface area (TPSA) is 58.5 Å². The van der Waals surface area contributed by atoms with Crippen LogP contribution in [0.4, 0.5) is 0 Å². The minimum Gasteiger partial charge on any atom is -0.456 e. The quantitative estimate of drug-likeness (QED) is 0.663. The summed E-state index contributed by atoms with van der Waals surface area (Å²) in [6.45, 7) is 6.67. The molecule has 2 N–H and O–H groups in total. The second kappa shape index (κ2) is 8.44. The number of aryl methyl sites for hydroxylation is 2. The zero-order valence-electron chi connectivity index (χ0n) is 16.2. The Balaban J connectivity index is 1.52.